The van der Waals surface area contributed by atoms with Crippen LogP contribution in [0.25, 0.3) is 0 Å². The summed E-state index contributed by atoms with van der Waals surface area (Å²) in [5.41, 5.74) is -0.827. The molecule has 90 valence electrons. The van der Waals surface area contributed by atoms with Gasteiger partial charge in [-0.15, -0.1) is 0 Å². The van der Waals surface area contributed by atoms with Gasteiger partial charge in [0, 0.05) is 6.61 Å². The molecule has 2 aliphatic heterocycles. The molecule has 0 saturated heterocycles. The minimum Gasteiger partial charge on any atom is -0.378 e. The van der Waals surface area contributed by atoms with Gasteiger partial charge in [0.1, 0.15) is 11.7 Å². The van der Waals surface area contributed by atoms with Crippen LogP contribution in [0, 0.1) is 0 Å². The molecule has 0 saturated carbocycles. The summed E-state index contributed by atoms with van der Waals surface area (Å²) in [7, 11) is 0. The first-order chi connectivity index (χ1) is 7.44. The first kappa shape index (κ1) is 13.0. The van der Waals surface area contributed by atoms with E-state index >= 15 is 0 Å². The lowest BCUT2D eigenvalue weighted by molar-refractivity contribution is -0.0572. The molecular weight excluding hydrogens is 294 g/mol. The number of ether oxygens (including phenoxy) is 2. The summed E-state index contributed by atoms with van der Waals surface area (Å²) in [5.74, 6) is 0. The zero-order valence-electron chi connectivity index (χ0n) is 8.47. The van der Waals surface area contributed by atoms with Crippen LogP contribution in [0.15, 0.2) is 22.2 Å². The van der Waals surface area contributed by atoms with Gasteiger partial charge in [0.15, 0.2) is 4.33 Å². The van der Waals surface area contributed by atoms with E-state index in [2.05, 4.69) is 0 Å². The van der Waals surface area contributed by atoms with E-state index in [4.69, 9.17) is 55.9 Å². The lowest BCUT2D eigenvalue weighted by atomic mass is 10.0. The van der Waals surface area contributed by atoms with Crippen molar-refractivity contribution in [3.63, 3.8) is 0 Å². The third-order valence-electron chi connectivity index (χ3n) is 2.61. The van der Waals surface area contributed by atoms with Gasteiger partial charge in [0.25, 0.3) is 0 Å². The van der Waals surface area contributed by atoms with E-state index in [1.165, 1.54) is 0 Å². The lowest BCUT2D eigenvalue weighted by Crippen LogP contribution is -2.46. The Morgan fingerprint density at radius 3 is 2.69 bits per heavy atom. The molecular formula is C10H10Cl4O2. The van der Waals surface area contributed by atoms with E-state index in [0.29, 0.717) is 13.2 Å². The van der Waals surface area contributed by atoms with Crippen LogP contribution < -0.4 is 0 Å². The summed E-state index contributed by atoms with van der Waals surface area (Å²) < 4.78 is 9.73. The molecule has 2 heterocycles. The molecule has 0 N–H and O–H groups in total. The van der Waals surface area contributed by atoms with Gasteiger partial charge in [-0.25, -0.2) is 0 Å². The predicted molar refractivity (Wildman–Crippen MR) is 66.4 cm³/mol. The van der Waals surface area contributed by atoms with Crippen LogP contribution in [0.5, 0.6) is 0 Å². The van der Waals surface area contributed by atoms with E-state index in [1.807, 2.05) is 6.92 Å². The number of hydrogen-bond donors (Lipinski definition) is 0. The van der Waals surface area contributed by atoms with Crippen molar-refractivity contribution in [2.75, 3.05) is 13.2 Å². The highest BCUT2D eigenvalue weighted by atomic mass is 35.5. The van der Waals surface area contributed by atoms with Gasteiger partial charge >= 0.3 is 0 Å². The Bertz CT molecular complexity index is 364. The average Bonchev–Trinajstić information content (AvgIpc) is 2.67. The van der Waals surface area contributed by atoms with Crippen molar-refractivity contribution in [2.45, 2.75) is 23.0 Å². The summed E-state index contributed by atoms with van der Waals surface area (Å²) in [6.07, 6.45) is 3.06. The smallest absolute Gasteiger partial charge is 0.184 e. The first-order valence-corrected chi connectivity index (χ1v) is 6.34. The summed E-state index contributed by atoms with van der Waals surface area (Å²) in [4.78, 5) is 0. The Kier molecular flexibility index (Phi) is 3.53. The van der Waals surface area contributed by atoms with Crippen LogP contribution in [0.3, 0.4) is 0 Å². The fraction of sp³-hybridized carbons (Fsp3) is 0.600. The Morgan fingerprint density at radius 2 is 2.06 bits per heavy atom. The maximum Gasteiger partial charge on any atom is 0.184 e. The molecule has 2 bridgehead atoms. The standard InChI is InChI=1S/C10H10Cl4O2/c1-2-15-5-9-4-3-6(16-9)10(13,14)8(12)7(9)11/h3-4,6H,2,5H2,1H3/t6-,9+/m1/s1. The fourth-order valence-corrected chi connectivity index (χ4v) is 2.82. The summed E-state index contributed by atoms with van der Waals surface area (Å²) in [6, 6.07) is 0. The maximum atomic E-state index is 6.16. The molecule has 0 radical (unpaired) electrons. The number of rotatable bonds is 3. The molecule has 6 heteroatoms. The van der Waals surface area contributed by atoms with Gasteiger partial charge in [0.2, 0.25) is 0 Å². The van der Waals surface area contributed by atoms with Crippen LogP contribution in [0.4, 0.5) is 0 Å². The second-order valence-electron chi connectivity index (χ2n) is 3.68. The highest BCUT2D eigenvalue weighted by molar-refractivity contribution is 6.58. The van der Waals surface area contributed by atoms with Crippen molar-refractivity contribution < 1.29 is 9.47 Å². The van der Waals surface area contributed by atoms with Gasteiger partial charge in [-0.3, -0.25) is 0 Å². The van der Waals surface area contributed by atoms with Gasteiger partial charge in [-0.2, -0.15) is 0 Å². The number of alkyl halides is 2. The Hall–Kier alpha value is 0.560. The molecule has 2 nitrogen and oxygen atoms in total. The van der Waals surface area contributed by atoms with Gasteiger partial charge in [0.05, 0.1) is 16.7 Å². The van der Waals surface area contributed by atoms with Crippen LogP contribution in [-0.2, 0) is 9.47 Å². The van der Waals surface area contributed by atoms with Crippen molar-refractivity contribution in [3.8, 4) is 0 Å². The van der Waals surface area contributed by atoms with Gasteiger partial charge < -0.3 is 9.47 Å². The monoisotopic (exact) mass is 302 g/mol. The average molecular weight is 304 g/mol. The zero-order valence-corrected chi connectivity index (χ0v) is 11.5. The van der Waals surface area contributed by atoms with Crippen molar-refractivity contribution in [3.05, 3.63) is 22.2 Å². The Labute approximate surface area is 114 Å². The minimum absolute atomic E-state index is 0.207. The summed E-state index contributed by atoms with van der Waals surface area (Å²) in [5, 5.41) is 0.496. The largest absolute Gasteiger partial charge is 0.378 e. The van der Waals surface area contributed by atoms with Gasteiger partial charge in [-0.05, 0) is 13.0 Å². The normalized spacial score (nSPS) is 35.9. The van der Waals surface area contributed by atoms with E-state index < -0.39 is 16.0 Å². The maximum absolute atomic E-state index is 6.16. The zero-order chi connectivity index (χ0) is 12.0. The van der Waals surface area contributed by atoms with Gasteiger partial charge in [-0.1, -0.05) is 52.5 Å². The lowest BCUT2D eigenvalue weighted by Gasteiger charge is -2.38. The number of fused-ring (bicyclic) bond motifs is 2. The molecule has 0 unspecified atom stereocenters. The highest BCUT2D eigenvalue weighted by Crippen LogP contribution is 2.53. The molecule has 16 heavy (non-hydrogen) atoms. The van der Waals surface area contributed by atoms with Crippen molar-refractivity contribution in [1.29, 1.82) is 0 Å². The topological polar surface area (TPSA) is 18.5 Å². The molecule has 0 aliphatic carbocycles. The molecule has 0 fully saturated rings. The molecule has 0 aromatic rings. The molecule has 2 atom stereocenters. The van der Waals surface area contributed by atoms with E-state index in [-0.39, 0.29) is 10.1 Å². The van der Waals surface area contributed by atoms with E-state index in [9.17, 15) is 0 Å². The predicted octanol–water partition coefficient (Wildman–Crippen LogP) is 3.59. The quantitative estimate of drug-likeness (QED) is 0.586. The van der Waals surface area contributed by atoms with E-state index in [0.717, 1.165) is 0 Å². The molecule has 0 aromatic carbocycles. The molecule has 2 rings (SSSR count). The summed E-state index contributed by atoms with van der Waals surface area (Å²) in [6.45, 7) is 2.76. The molecule has 0 amide bonds. The second-order valence-corrected chi connectivity index (χ2v) is 5.82. The fourth-order valence-electron chi connectivity index (χ4n) is 1.72. The third kappa shape index (κ3) is 1.80. The first-order valence-electron chi connectivity index (χ1n) is 4.83. The number of hydrogen-bond acceptors (Lipinski definition) is 2. The SMILES string of the molecule is CCOC[C@]12C=C[C@@H](O1)C(Cl)(Cl)C(Cl)=C2Cl. The molecule has 0 aromatic heterocycles. The second kappa shape index (κ2) is 4.34. The Morgan fingerprint density at radius 1 is 1.38 bits per heavy atom. The molecule has 0 spiro atoms. The van der Waals surface area contributed by atoms with Crippen LogP contribution in [0.2, 0.25) is 0 Å². The molecule has 2 aliphatic rings. The summed E-state index contributed by atoms with van der Waals surface area (Å²) >= 11 is 24.4. The van der Waals surface area contributed by atoms with Crippen LogP contribution >= 0.6 is 46.4 Å². The highest BCUT2D eigenvalue weighted by Gasteiger charge is 2.55. The van der Waals surface area contributed by atoms with Crippen LogP contribution in [-0.4, -0.2) is 29.3 Å². The van der Waals surface area contributed by atoms with Crippen molar-refractivity contribution in [1.82, 2.24) is 0 Å². The minimum atomic E-state index is -1.32. The van der Waals surface area contributed by atoms with Crippen LogP contribution in [0.1, 0.15) is 6.92 Å². The van der Waals surface area contributed by atoms with Crippen molar-refractivity contribution >= 4 is 46.4 Å². The van der Waals surface area contributed by atoms with Crippen molar-refractivity contribution in [2.24, 2.45) is 0 Å². The number of halogens is 4. The van der Waals surface area contributed by atoms with E-state index in [1.54, 1.807) is 12.2 Å². The Balaban J connectivity index is 2.37. The third-order valence-corrected chi connectivity index (χ3v) is 4.71.